The van der Waals surface area contributed by atoms with Crippen LogP contribution in [-0.4, -0.2) is 0 Å². The summed E-state index contributed by atoms with van der Waals surface area (Å²) in [7, 11) is 0. The summed E-state index contributed by atoms with van der Waals surface area (Å²) >= 11 is 0. The van der Waals surface area contributed by atoms with Crippen LogP contribution >= 0.6 is 0 Å². The van der Waals surface area contributed by atoms with Crippen molar-refractivity contribution in [1.82, 2.24) is 0 Å². The van der Waals surface area contributed by atoms with Crippen LogP contribution in [0.5, 0.6) is 0 Å². The average Bonchev–Trinajstić information content (AvgIpc) is 2.03. The first kappa shape index (κ1) is 62.3. The molecule has 0 fully saturated rings. The molecule has 0 aliphatic rings. The Morgan fingerprint density at radius 3 is 0.500 bits per heavy atom. The summed E-state index contributed by atoms with van der Waals surface area (Å²) < 4.78 is 0. The van der Waals surface area contributed by atoms with E-state index in [0.717, 1.165) is 0 Å². The molecule has 0 amide bonds. The van der Waals surface area contributed by atoms with E-state index in [4.69, 9.17) is 47.3 Å². The minimum atomic E-state index is 0. The van der Waals surface area contributed by atoms with Crippen molar-refractivity contribution < 1.29 is 36.3 Å². The molecule has 0 atom stereocenters. The monoisotopic (exact) mass is 227 g/mol. The van der Waals surface area contributed by atoms with Crippen LogP contribution in [0.2, 0.25) is 0 Å². The maximum atomic E-state index is 6.25. The van der Waals surface area contributed by atoms with Crippen molar-refractivity contribution in [2.45, 2.75) is 0 Å². The molecule has 0 heterocycles. The van der Waals surface area contributed by atoms with Crippen LogP contribution < -0.4 is 0 Å². The van der Waals surface area contributed by atoms with Gasteiger partial charge in [-0.2, -0.15) is 0 Å². The Bertz CT molecular complexity index is 60.2. The SMILES string of the molecule is [C-]#N.[C-]#N.[C-]#N.[C-]#N.[Co+2].[Zn+2]. The molecule has 0 N–H and O–H groups in total. The predicted octanol–water partition coefficient (Wildman–Crippen LogP) is 0.380. The molecule has 4 nitrogen and oxygen atoms in total. The molecule has 10 heavy (non-hydrogen) atoms. The average molecular weight is 228 g/mol. The molecule has 0 aliphatic carbocycles. The second-order valence-corrected chi connectivity index (χ2v) is 0. The molecule has 47 valence electrons. The van der Waals surface area contributed by atoms with Crippen LogP contribution in [0.15, 0.2) is 0 Å². The van der Waals surface area contributed by atoms with Gasteiger partial charge in [-0.3, -0.25) is 0 Å². The molecule has 0 spiro atoms. The maximum absolute atomic E-state index is 6.25. The summed E-state index contributed by atoms with van der Waals surface area (Å²) in [5.41, 5.74) is 0. The van der Waals surface area contributed by atoms with E-state index in [1.165, 1.54) is 0 Å². The molecule has 0 aliphatic heterocycles. The summed E-state index contributed by atoms with van der Waals surface area (Å²) in [6.07, 6.45) is 0. The molecular weight excluding hydrogens is 228 g/mol. The number of hydrogen-bond acceptors (Lipinski definition) is 4. The van der Waals surface area contributed by atoms with Crippen LogP contribution in [0.1, 0.15) is 0 Å². The fourth-order valence-electron chi connectivity index (χ4n) is 0. The zero-order valence-corrected chi connectivity index (χ0v) is 8.84. The smallest absolute Gasteiger partial charge is 0.512 e. The molecule has 0 saturated heterocycles. The second kappa shape index (κ2) is 491. The Hall–Kier alpha value is -0.910. The Morgan fingerprint density at radius 2 is 0.500 bits per heavy atom. The van der Waals surface area contributed by atoms with Crippen molar-refractivity contribution in [1.29, 1.82) is 21.0 Å². The van der Waals surface area contributed by atoms with Crippen LogP contribution in [0.4, 0.5) is 0 Å². The molecule has 1 radical (unpaired) electrons. The standard InChI is InChI=1S/4CN.Co.Zn/c4*1-2;;/q4*-1;2*+2. The van der Waals surface area contributed by atoms with Gasteiger partial charge in [0.25, 0.3) is 0 Å². The van der Waals surface area contributed by atoms with Gasteiger partial charge in [0.2, 0.25) is 0 Å². The molecule has 0 aromatic carbocycles. The Morgan fingerprint density at radius 1 is 0.500 bits per heavy atom. The van der Waals surface area contributed by atoms with E-state index in [-0.39, 0.29) is 36.3 Å². The van der Waals surface area contributed by atoms with Gasteiger partial charge in [-0.1, -0.05) is 0 Å². The van der Waals surface area contributed by atoms with Crippen molar-refractivity contribution in [3.8, 4) is 0 Å². The minimum absolute atomic E-state index is 0. The van der Waals surface area contributed by atoms with E-state index in [0.29, 0.717) is 0 Å². The van der Waals surface area contributed by atoms with E-state index < -0.39 is 0 Å². The topological polar surface area (TPSA) is 95.2 Å². The molecule has 0 unspecified atom stereocenters. The van der Waals surface area contributed by atoms with Gasteiger partial charge in [0.1, 0.15) is 0 Å². The van der Waals surface area contributed by atoms with Crippen molar-refractivity contribution in [3.05, 3.63) is 26.3 Å². The van der Waals surface area contributed by atoms with Crippen LogP contribution in [0.25, 0.3) is 0 Å². The van der Waals surface area contributed by atoms with E-state index >= 15 is 0 Å². The van der Waals surface area contributed by atoms with Gasteiger partial charge < -0.3 is 47.3 Å². The number of nitrogens with zero attached hydrogens (tertiary/aromatic N) is 4. The zero-order chi connectivity index (χ0) is 8.00. The first-order chi connectivity index (χ1) is 4.00. The Labute approximate surface area is 83.6 Å². The van der Waals surface area contributed by atoms with Crippen molar-refractivity contribution >= 4 is 0 Å². The molecule has 6 heteroatoms. The predicted molar refractivity (Wildman–Crippen MR) is 19.9 cm³/mol. The van der Waals surface area contributed by atoms with Gasteiger partial charge in [-0.25, -0.2) is 0 Å². The Kier molecular flexibility index (Phi) is 3060. The van der Waals surface area contributed by atoms with Crippen molar-refractivity contribution in [2.75, 3.05) is 0 Å². The largest absolute Gasteiger partial charge is 2.00 e. The van der Waals surface area contributed by atoms with Gasteiger partial charge in [0.05, 0.1) is 0 Å². The minimum Gasteiger partial charge on any atom is -0.512 e. The number of rotatable bonds is 0. The molecule has 0 saturated carbocycles. The molecule has 0 aromatic rings. The summed E-state index contributed by atoms with van der Waals surface area (Å²) in [4.78, 5) is 0. The normalized spacial score (nSPS) is 0.800. The Balaban J connectivity index is -0.00000000500. The van der Waals surface area contributed by atoms with E-state index in [1.807, 2.05) is 0 Å². The fourth-order valence-corrected chi connectivity index (χ4v) is 0. The van der Waals surface area contributed by atoms with E-state index in [2.05, 4.69) is 0 Å². The third-order valence-electron chi connectivity index (χ3n) is 0. The first-order valence-electron chi connectivity index (χ1n) is 0.894. The number of hydrogen-bond donors (Lipinski definition) is 0. The molecule has 0 bridgehead atoms. The van der Waals surface area contributed by atoms with Crippen molar-refractivity contribution in [3.63, 3.8) is 0 Å². The van der Waals surface area contributed by atoms with Crippen molar-refractivity contribution in [2.24, 2.45) is 0 Å². The van der Waals surface area contributed by atoms with Crippen LogP contribution in [-0.2, 0) is 36.3 Å². The first-order valence-corrected chi connectivity index (χ1v) is 0.894. The van der Waals surface area contributed by atoms with Gasteiger partial charge in [-0.05, 0) is 0 Å². The third kappa shape index (κ3) is 317. The van der Waals surface area contributed by atoms with Gasteiger partial charge in [0, 0.05) is 0 Å². The summed E-state index contributed by atoms with van der Waals surface area (Å²) in [6.45, 7) is 19.0. The summed E-state index contributed by atoms with van der Waals surface area (Å²) in [5, 5.41) is 25.0. The second-order valence-electron chi connectivity index (χ2n) is 0. The maximum Gasteiger partial charge on any atom is 2.00 e. The zero-order valence-electron chi connectivity index (χ0n) is 4.83. The van der Waals surface area contributed by atoms with Gasteiger partial charge >= 0.3 is 36.3 Å². The van der Waals surface area contributed by atoms with E-state index in [1.54, 1.807) is 0 Å². The molecular formula is C4CoN4Zn. The fraction of sp³-hybridized carbons (Fsp3) is 0. The summed E-state index contributed by atoms with van der Waals surface area (Å²) in [6, 6.07) is 0. The van der Waals surface area contributed by atoms with Gasteiger partial charge in [0.15, 0.2) is 0 Å². The third-order valence-corrected chi connectivity index (χ3v) is 0. The van der Waals surface area contributed by atoms with Gasteiger partial charge in [-0.15, -0.1) is 0 Å². The summed E-state index contributed by atoms with van der Waals surface area (Å²) in [5.74, 6) is 0. The van der Waals surface area contributed by atoms with Crippen LogP contribution in [0, 0.1) is 47.3 Å². The molecule has 0 aromatic heterocycles. The quantitative estimate of drug-likeness (QED) is 0.442. The van der Waals surface area contributed by atoms with Crippen LogP contribution in [0.3, 0.4) is 0 Å². The van der Waals surface area contributed by atoms with E-state index in [9.17, 15) is 0 Å². The molecule has 0 rings (SSSR count).